The number of ether oxygens (including phenoxy) is 2. The van der Waals surface area contributed by atoms with Crippen LogP contribution in [0.15, 0.2) is 22.9 Å². The number of fused-ring (bicyclic) bond motifs is 1. The number of nitrogens with one attached hydrogen (secondary N) is 2. The molecule has 0 atom stereocenters. The highest BCUT2D eigenvalue weighted by molar-refractivity contribution is 5.92. The van der Waals surface area contributed by atoms with Crippen LogP contribution in [0.2, 0.25) is 0 Å². The number of pyridine rings is 1. The summed E-state index contributed by atoms with van der Waals surface area (Å²) in [7, 11) is 0. The van der Waals surface area contributed by atoms with Crippen molar-refractivity contribution in [2.45, 2.75) is 65.7 Å². The Morgan fingerprint density at radius 2 is 2.06 bits per heavy atom. The van der Waals surface area contributed by atoms with Crippen LogP contribution in [0.1, 0.15) is 61.0 Å². The van der Waals surface area contributed by atoms with Crippen LogP contribution in [-0.2, 0) is 35.5 Å². The Balaban J connectivity index is 1.61. The Kier molecular flexibility index (Phi) is 7.61. The van der Waals surface area contributed by atoms with Gasteiger partial charge in [0.25, 0.3) is 0 Å². The third-order valence-electron chi connectivity index (χ3n) is 6.00. The highest BCUT2D eigenvalue weighted by atomic mass is 16.5. The maximum atomic E-state index is 12.2. The normalized spacial score (nSPS) is 14.6. The molecule has 178 valence electrons. The first-order valence-electron chi connectivity index (χ1n) is 11.8. The second-order valence-corrected chi connectivity index (χ2v) is 8.08. The molecule has 3 aromatic heterocycles. The van der Waals surface area contributed by atoms with E-state index >= 15 is 0 Å². The van der Waals surface area contributed by atoms with E-state index in [9.17, 15) is 4.79 Å². The van der Waals surface area contributed by atoms with Gasteiger partial charge in [-0.1, -0.05) is 6.92 Å². The zero-order valence-electron chi connectivity index (χ0n) is 19.6. The Morgan fingerprint density at radius 1 is 1.24 bits per heavy atom. The lowest BCUT2D eigenvalue weighted by atomic mass is 10.0. The number of carbonyl (C=O) groups excluding carboxylic acids is 1. The summed E-state index contributed by atoms with van der Waals surface area (Å²) in [5, 5.41) is 12.8. The van der Waals surface area contributed by atoms with Crippen molar-refractivity contribution in [2.24, 2.45) is 0 Å². The zero-order chi connectivity index (χ0) is 23.2. The molecular weight excluding hydrogens is 422 g/mol. The van der Waals surface area contributed by atoms with E-state index in [1.165, 1.54) is 6.26 Å². The minimum atomic E-state index is -0.366. The van der Waals surface area contributed by atoms with Crippen molar-refractivity contribution < 1.29 is 18.7 Å². The molecule has 0 aliphatic carbocycles. The fourth-order valence-corrected chi connectivity index (χ4v) is 4.27. The lowest BCUT2D eigenvalue weighted by molar-refractivity contribution is 0.0523. The lowest BCUT2D eigenvalue weighted by Crippen LogP contribution is -2.29. The molecule has 0 aromatic carbocycles. The molecule has 0 spiro atoms. The van der Waals surface area contributed by atoms with Crippen LogP contribution in [0.3, 0.4) is 0 Å². The summed E-state index contributed by atoms with van der Waals surface area (Å²) < 4.78 is 18.2. The summed E-state index contributed by atoms with van der Waals surface area (Å²) >= 11 is 0. The van der Waals surface area contributed by atoms with Gasteiger partial charge in [0.05, 0.1) is 36.7 Å². The molecule has 2 N–H and O–H groups in total. The highest BCUT2D eigenvalue weighted by Crippen LogP contribution is 2.31. The van der Waals surface area contributed by atoms with Crippen molar-refractivity contribution in [3.8, 4) is 0 Å². The summed E-state index contributed by atoms with van der Waals surface area (Å²) in [6.45, 7) is 9.61. The number of hydrogen-bond acceptors (Lipinski definition) is 8. The van der Waals surface area contributed by atoms with E-state index in [-0.39, 0.29) is 5.97 Å². The molecule has 0 amide bonds. The summed E-state index contributed by atoms with van der Waals surface area (Å²) in [4.78, 5) is 17.1. The molecule has 9 heteroatoms. The Labute approximate surface area is 193 Å². The van der Waals surface area contributed by atoms with Gasteiger partial charge in [0, 0.05) is 43.6 Å². The lowest BCUT2D eigenvalue weighted by Gasteiger charge is -2.26. The number of carbonyl (C=O) groups is 1. The van der Waals surface area contributed by atoms with Crippen LogP contribution in [0, 0.1) is 0 Å². The summed E-state index contributed by atoms with van der Waals surface area (Å²) in [5.41, 5.74) is 4.60. The van der Waals surface area contributed by atoms with E-state index in [2.05, 4.69) is 29.6 Å². The topological polar surface area (TPSA) is 103 Å². The maximum absolute atomic E-state index is 12.2. The monoisotopic (exact) mass is 455 g/mol. The van der Waals surface area contributed by atoms with E-state index in [4.69, 9.17) is 18.9 Å². The van der Waals surface area contributed by atoms with Crippen molar-refractivity contribution in [3.05, 3.63) is 41.1 Å². The average Bonchev–Trinajstić information content (AvgIpc) is 3.47. The number of furan rings is 1. The fraction of sp³-hybridized carbons (Fsp3) is 0.542. The Morgan fingerprint density at radius 3 is 2.79 bits per heavy atom. The largest absolute Gasteiger partial charge is 0.467 e. The van der Waals surface area contributed by atoms with Crippen LogP contribution in [0.4, 0.5) is 5.69 Å². The van der Waals surface area contributed by atoms with E-state index in [1.54, 1.807) is 13.0 Å². The van der Waals surface area contributed by atoms with Crippen LogP contribution >= 0.6 is 0 Å². The highest BCUT2D eigenvalue weighted by Gasteiger charge is 2.22. The molecule has 4 rings (SSSR count). The maximum Gasteiger partial charge on any atom is 0.341 e. The van der Waals surface area contributed by atoms with Gasteiger partial charge in [-0.05, 0) is 39.2 Å². The number of hydrogen-bond donors (Lipinski definition) is 2. The number of esters is 1. The second kappa shape index (κ2) is 10.8. The number of nitrogens with zero attached hydrogens (tertiary/aromatic N) is 3. The van der Waals surface area contributed by atoms with Gasteiger partial charge in [0.1, 0.15) is 11.3 Å². The predicted molar refractivity (Wildman–Crippen MR) is 125 cm³/mol. The molecule has 1 fully saturated rings. The molecule has 3 aromatic rings. The van der Waals surface area contributed by atoms with Crippen LogP contribution in [-0.4, -0.2) is 46.6 Å². The molecule has 4 heterocycles. The van der Waals surface area contributed by atoms with Gasteiger partial charge >= 0.3 is 5.97 Å². The number of aryl methyl sites for hydroxylation is 2. The smallest absolute Gasteiger partial charge is 0.341 e. The van der Waals surface area contributed by atoms with Crippen molar-refractivity contribution in [2.75, 3.05) is 25.1 Å². The molecule has 1 aliphatic rings. The average molecular weight is 456 g/mol. The van der Waals surface area contributed by atoms with E-state index in [1.807, 2.05) is 10.9 Å². The van der Waals surface area contributed by atoms with Gasteiger partial charge < -0.3 is 24.5 Å². The summed E-state index contributed by atoms with van der Waals surface area (Å²) in [6.07, 6.45) is 6.16. The number of aromatic nitrogens is 3. The zero-order valence-corrected chi connectivity index (χ0v) is 19.6. The van der Waals surface area contributed by atoms with Crippen LogP contribution < -0.4 is 10.6 Å². The van der Waals surface area contributed by atoms with E-state index in [0.29, 0.717) is 37.1 Å². The van der Waals surface area contributed by atoms with Gasteiger partial charge in [0.2, 0.25) is 0 Å². The van der Waals surface area contributed by atoms with Gasteiger partial charge in [-0.2, -0.15) is 5.10 Å². The molecule has 1 saturated heterocycles. The number of anilines is 1. The molecule has 0 saturated carbocycles. The van der Waals surface area contributed by atoms with Crippen LogP contribution in [0.5, 0.6) is 0 Å². The van der Waals surface area contributed by atoms with Gasteiger partial charge in [-0.25, -0.2) is 14.5 Å². The molecule has 1 aliphatic heterocycles. The Hall–Kier alpha value is -2.91. The first-order valence-corrected chi connectivity index (χ1v) is 11.8. The molecule has 0 bridgehead atoms. The number of rotatable bonds is 10. The minimum Gasteiger partial charge on any atom is -0.467 e. The van der Waals surface area contributed by atoms with Gasteiger partial charge in [0.15, 0.2) is 5.65 Å². The fourth-order valence-electron chi connectivity index (χ4n) is 4.27. The minimum absolute atomic E-state index is 0.328. The predicted octanol–water partition coefficient (Wildman–Crippen LogP) is 3.66. The Bertz CT molecular complexity index is 1080. The van der Waals surface area contributed by atoms with Crippen molar-refractivity contribution >= 4 is 22.7 Å². The second-order valence-electron chi connectivity index (χ2n) is 8.08. The molecule has 33 heavy (non-hydrogen) atoms. The molecule has 0 radical (unpaired) electrons. The third kappa shape index (κ3) is 5.04. The molecular formula is C24H33N5O4. The van der Waals surface area contributed by atoms with Crippen molar-refractivity contribution in [1.82, 2.24) is 20.1 Å². The van der Waals surface area contributed by atoms with Gasteiger partial charge in [-0.3, -0.25) is 0 Å². The summed E-state index contributed by atoms with van der Waals surface area (Å²) in [5.74, 6) is 0.201. The van der Waals surface area contributed by atoms with E-state index in [0.717, 1.165) is 67.0 Å². The van der Waals surface area contributed by atoms with E-state index < -0.39 is 0 Å². The quantitative estimate of drug-likeness (QED) is 0.447. The molecule has 0 unspecified atom stereocenters. The first-order chi connectivity index (χ1) is 16.2. The standard InChI is InChI=1S/C24H33N5O4/c1-4-20-18(13-25-15-21-17(9-12-33-21)24(30)32-6-3)22(27-16-7-10-31-11-8-16)19-14-26-29(5-2)23(19)28-20/h9,12,14,16,25H,4-8,10-11,13,15H2,1-3H3,(H,27,28). The van der Waals surface area contributed by atoms with Crippen molar-refractivity contribution in [3.63, 3.8) is 0 Å². The first kappa shape index (κ1) is 23.3. The summed E-state index contributed by atoms with van der Waals surface area (Å²) in [6, 6.07) is 2.00. The van der Waals surface area contributed by atoms with Gasteiger partial charge in [-0.15, -0.1) is 0 Å². The SMILES string of the molecule is CCOC(=O)c1ccoc1CNCc1c(CC)nc2c(cnn2CC)c1NC1CCOCC1. The van der Waals surface area contributed by atoms with Crippen molar-refractivity contribution in [1.29, 1.82) is 0 Å². The molecule has 9 nitrogen and oxygen atoms in total. The third-order valence-corrected chi connectivity index (χ3v) is 6.00. The van der Waals surface area contributed by atoms with Crippen LogP contribution in [0.25, 0.3) is 11.0 Å².